The molecule has 0 aromatic heterocycles. The Morgan fingerprint density at radius 1 is 0.818 bits per heavy atom. The second kappa shape index (κ2) is 5.07. The summed E-state index contributed by atoms with van der Waals surface area (Å²) in [6.45, 7) is 15.2. The molecule has 0 saturated carbocycles. The molecule has 1 aliphatic carbocycles. The fraction of sp³-hybridized carbons (Fsp3) is 0.700. The Bertz CT molecular complexity index is 578. The van der Waals surface area contributed by atoms with E-state index in [4.69, 9.17) is 9.47 Å². The van der Waals surface area contributed by atoms with Crippen LogP contribution in [-0.2, 0) is 32.5 Å². The van der Waals surface area contributed by atoms with E-state index in [9.17, 15) is 0 Å². The van der Waals surface area contributed by atoms with Crippen LogP contribution in [0.5, 0.6) is 0 Å². The van der Waals surface area contributed by atoms with E-state index in [2.05, 4.69) is 53.7 Å². The molecule has 0 unspecified atom stereocenters. The molecule has 1 aliphatic heterocycles. The maximum Gasteiger partial charge on any atom is 0.192 e. The number of fused-ring (bicyclic) bond motifs is 1. The monoisotopic (exact) mass is 302 g/mol. The van der Waals surface area contributed by atoms with Crippen molar-refractivity contribution in [3.63, 3.8) is 0 Å². The Labute approximate surface area is 135 Å². The minimum atomic E-state index is -0.571. The second-order valence-corrected chi connectivity index (χ2v) is 8.32. The Morgan fingerprint density at radius 3 is 1.82 bits per heavy atom. The van der Waals surface area contributed by atoms with E-state index < -0.39 is 5.79 Å². The van der Waals surface area contributed by atoms with E-state index in [-0.39, 0.29) is 10.8 Å². The van der Waals surface area contributed by atoms with Crippen LogP contribution in [-0.4, -0.2) is 13.2 Å². The highest BCUT2D eigenvalue weighted by atomic mass is 16.7. The topological polar surface area (TPSA) is 18.5 Å². The Balaban J connectivity index is 2.22. The van der Waals surface area contributed by atoms with Gasteiger partial charge < -0.3 is 9.47 Å². The van der Waals surface area contributed by atoms with Gasteiger partial charge in [-0.2, -0.15) is 0 Å². The van der Waals surface area contributed by atoms with Gasteiger partial charge in [0, 0.05) is 5.56 Å². The lowest BCUT2D eigenvalue weighted by Crippen LogP contribution is -2.35. The van der Waals surface area contributed by atoms with Gasteiger partial charge in [-0.05, 0) is 59.8 Å². The van der Waals surface area contributed by atoms with Gasteiger partial charge in [0.05, 0.1) is 13.2 Å². The highest BCUT2D eigenvalue weighted by molar-refractivity contribution is 5.48. The summed E-state index contributed by atoms with van der Waals surface area (Å²) in [7, 11) is 0. The van der Waals surface area contributed by atoms with Gasteiger partial charge in [0.25, 0.3) is 0 Å². The lowest BCUT2D eigenvalue weighted by molar-refractivity contribution is -0.150. The van der Waals surface area contributed by atoms with Gasteiger partial charge in [0.1, 0.15) is 0 Å². The van der Waals surface area contributed by atoms with Gasteiger partial charge in [-0.25, -0.2) is 0 Å². The largest absolute Gasteiger partial charge is 0.344 e. The molecular formula is C20H30O2. The third-order valence-corrected chi connectivity index (χ3v) is 5.79. The van der Waals surface area contributed by atoms with Crippen LogP contribution in [0.25, 0.3) is 0 Å². The summed E-state index contributed by atoms with van der Waals surface area (Å²) >= 11 is 0. The first-order chi connectivity index (χ1) is 10.2. The Kier molecular flexibility index (Phi) is 3.69. The maximum absolute atomic E-state index is 5.96. The van der Waals surface area contributed by atoms with E-state index in [1.165, 1.54) is 35.1 Å². The van der Waals surface area contributed by atoms with Crippen molar-refractivity contribution in [2.75, 3.05) is 13.2 Å². The van der Waals surface area contributed by atoms with Crippen LogP contribution in [0.15, 0.2) is 12.1 Å². The summed E-state index contributed by atoms with van der Waals surface area (Å²) in [5.41, 5.74) is 6.08. The molecule has 0 amide bonds. The van der Waals surface area contributed by atoms with Crippen molar-refractivity contribution >= 4 is 0 Å². The molecule has 122 valence electrons. The molecule has 22 heavy (non-hydrogen) atoms. The molecule has 2 aliphatic rings. The fourth-order valence-corrected chi connectivity index (χ4v) is 4.04. The minimum Gasteiger partial charge on any atom is -0.344 e. The molecule has 0 N–H and O–H groups in total. The van der Waals surface area contributed by atoms with E-state index in [0.29, 0.717) is 13.2 Å². The fourth-order valence-electron chi connectivity index (χ4n) is 4.04. The van der Waals surface area contributed by atoms with E-state index >= 15 is 0 Å². The van der Waals surface area contributed by atoms with Crippen molar-refractivity contribution in [1.29, 1.82) is 0 Å². The molecular weight excluding hydrogens is 272 g/mol. The first-order valence-corrected chi connectivity index (χ1v) is 8.66. The summed E-state index contributed by atoms with van der Waals surface area (Å²) in [6.07, 6.45) is 3.50. The van der Waals surface area contributed by atoms with Gasteiger partial charge in [0.2, 0.25) is 0 Å². The van der Waals surface area contributed by atoms with Crippen molar-refractivity contribution in [3.05, 3.63) is 34.4 Å². The van der Waals surface area contributed by atoms with Crippen LogP contribution in [0, 0.1) is 0 Å². The standard InChI is InChI=1S/C20H30O2/c1-7-14-12-16-17(19(4,5)9-8-18(16,2)3)13-15(14)20(6)21-10-11-22-20/h12-13H,7-11H2,1-6H3. The van der Waals surface area contributed by atoms with Crippen molar-refractivity contribution in [2.45, 2.75) is 77.4 Å². The highest BCUT2D eigenvalue weighted by Gasteiger charge is 2.41. The minimum absolute atomic E-state index is 0.223. The molecule has 1 saturated heterocycles. The molecule has 3 rings (SSSR count). The van der Waals surface area contributed by atoms with Gasteiger partial charge in [-0.3, -0.25) is 0 Å². The number of benzene rings is 1. The zero-order valence-electron chi connectivity index (χ0n) is 15.0. The lowest BCUT2D eigenvalue weighted by Gasteiger charge is -2.43. The molecule has 0 bridgehead atoms. The Hall–Kier alpha value is -0.860. The van der Waals surface area contributed by atoms with E-state index in [0.717, 1.165) is 6.42 Å². The predicted molar refractivity (Wildman–Crippen MR) is 90.4 cm³/mol. The predicted octanol–water partition coefficient (Wildman–Crippen LogP) is 4.82. The summed E-state index contributed by atoms with van der Waals surface area (Å²) in [6, 6.07) is 4.82. The van der Waals surface area contributed by atoms with Crippen molar-refractivity contribution < 1.29 is 9.47 Å². The molecule has 1 aromatic carbocycles. The summed E-state index contributed by atoms with van der Waals surface area (Å²) in [5.74, 6) is -0.571. The zero-order chi connectivity index (χ0) is 16.2. The first kappa shape index (κ1) is 16.0. The van der Waals surface area contributed by atoms with Gasteiger partial charge in [0.15, 0.2) is 5.79 Å². The van der Waals surface area contributed by atoms with Crippen LogP contribution < -0.4 is 0 Å². The maximum atomic E-state index is 5.96. The molecule has 0 radical (unpaired) electrons. The average molecular weight is 302 g/mol. The van der Waals surface area contributed by atoms with Crippen molar-refractivity contribution in [3.8, 4) is 0 Å². The lowest BCUT2D eigenvalue weighted by atomic mass is 9.62. The van der Waals surface area contributed by atoms with Crippen LogP contribution in [0.1, 0.15) is 76.6 Å². The SMILES string of the molecule is CCc1cc2c(cc1C1(C)OCCO1)C(C)(C)CCC2(C)C. The van der Waals surface area contributed by atoms with Crippen LogP contribution in [0.2, 0.25) is 0 Å². The molecule has 1 fully saturated rings. The third-order valence-electron chi connectivity index (χ3n) is 5.79. The average Bonchev–Trinajstić information content (AvgIpc) is 2.91. The molecule has 2 heteroatoms. The zero-order valence-corrected chi connectivity index (χ0v) is 15.0. The molecule has 1 aromatic rings. The molecule has 2 nitrogen and oxygen atoms in total. The molecule has 0 spiro atoms. The van der Waals surface area contributed by atoms with Crippen LogP contribution >= 0.6 is 0 Å². The first-order valence-electron chi connectivity index (χ1n) is 8.66. The number of hydrogen-bond acceptors (Lipinski definition) is 2. The van der Waals surface area contributed by atoms with Gasteiger partial charge in [-0.15, -0.1) is 0 Å². The quantitative estimate of drug-likeness (QED) is 0.780. The normalized spacial score (nSPS) is 25.0. The number of aryl methyl sites for hydroxylation is 1. The van der Waals surface area contributed by atoms with E-state index in [1.807, 2.05) is 0 Å². The van der Waals surface area contributed by atoms with Crippen molar-refractivity contribution in [1.82, 2.24) is 0 Å². The summed E-state index contributed by atoms with van der Waals surface area (Å²) in [5, 5.41) is 0. The number of rotatable bonds is 2. The van der Waals surface area contributed by atoms with Crippen LogP contribution in [0.3, 0.4) is 0 Å². The number of hydrogen-bond donors (Lipinski definition) is 0. The Morgan fingerprint density at radius 2 is 1.32 bits per heavy atom. The highest BCUT2D eigenvalue weighted by Crippen LogP contribution is 2.48. The van der Waals surface area contributed by atoms with Gasteiger partial charge >= 0.3 is 0 Å². The number of ether oxygens (including phenoxy) is 2. The van der Waals surface area contributed by atoms with E-state index in [1.54, 1.807) is 0 Å². The second-order valence-electron chi connectivity index (χ2n) is 8.32. The van der Waals surface area contributed by atoms with Crippen molar-refractivity contribution in [2.24, 2.45) is 0 Å². The smallest absolute Gasteiger partial charge is 0.192 e. The van der Waals surface area contributed by atoms with Crippen LogP contribution in [0.4, 0.5) is 0 Å². The summed E-state index contributed by atoms with van der Waals surface area (Å²) in [4.78, 5) is 0. The third kappa shape index (κ3) is 2.41. The molecule has 1 heterocycles. The summed E-state index contributed by atoms with van der Waals surface area (Å²) < 4.78 is 11.9. The molecule has 0 atom stereocenters. The van der Waals surface area contributed by atoms with Gasteiger partial charge in [-0.1, -0.05) is 40.7 Å².